The second-order valence-electron chi connectivity index (χ2n) is 4.37. The van der Waals surface area contributed by atoms with Crippen LogP contribution in [0.3, 0.4) is 0 Å². The first kappa shape index (κ1) is 13.0. The summed E-state index contributed by atoms with van der Waals surface area (Å²) in [6, 6.07) is -0.117. The smallest absolute Gasteiger partial charge is 0.340 e. The van der Waals surface area contributed by atoms with Gasteiger partial charge in [-0.2, -0.15) is 5.10 Å². The van der Waals surface area contributed by atoms with E-state index in [0.717, 1.165) is 38.3 Å². The highest BCUT2D eigenvalue weighted by Crippen LogP contribution is 2.20. The van der Waals surface area contributed by atoms with E-state index in [9.17, 15) is 13.2 Å². The fourth-order valence-corrected chi connectivity index (χ4v) is 3.53. The van der Waals surface area contributed by atoms with Crippen molar-refractivity contribution in [1.82, 2.24) is 14.9 Å². The van der Waals surface area contributed by atoms with Gasteiger partial charge in [0.05, 0.1) is 6.20 Å². The summed E-state index contributed by atoms with van der Waals surface area (Å²) in [5.41, 5.74) is -0.335. The Balaban J connectivity index is 2.19. The van der Waals surface area contributed by atoms with Gasteiger partial charge in [-0.3, -0.25) is 5.10 Å². The summed E-state index contributed by atoms with van der Waals surface area (Å²) in [6.45, 7) is 0. The van der Waals surface area contributed by atoms with E-state index in [4.69, 9.17) is 5.11 Å². The molecule has 0 bridgehead atoms. The van der Waals surface area contributed by atoms with Gasteiger partial charge in [0, 0.05) is 6.04 Å². The van der Waals surface area contributed by atoms with Gasteiger partial charge in [0.2, 0.25) is 0 Å². The van der Waals surface area contributed by atoms with Crippen molar-refractivity contribution < 1.29 is 18.3 Å². The number of carboxylic acid groups (broad SMARTS) is 1. The van der Waals surface area contributed by atoms with Crippen LogP contribution in [0.25, 0.3) is 0 Å². The number of aromatic nitrogens is 2. The lowest BCUT2D eigenvalue weighted by atomic mass is 9.96. The molecule has 2 rings (SSSR count). The fraction of sp³-hybridized carbons (Fsp3) is 0.600. The van der Waals surface area contributed by atoms with Crippen molar-refractivity contribution in [2.45, 2.75) is 43.2 Å². The normalized spacial score (nSPS) is 17.8. The summed E-state index contributed by atoms with van der Waals surface area (Å²) in [7, 11) is -3.84. The number of nitrogens with zero attached hydrogens (tertiary/aromatic N) is 1. The lowest BCUT2D eigenvalue weighted by Crippen LogP contribution is -2.36. The number of nitrogens with one attached hydrogen (secondary N) is 2. The molecule has 1 aliphatic carbocycles. The highest BCUT2D eigenvalue weighted by Gasteiger charge is 2.27. The molecule has 7 nitrogen and oxygen atoms in total. The lowest BCUT2D eigenvalue weighted by Gasteiger charge is -2.22. The summed E-state index contributed by atoms with van der Waals surface area (Å²) in [5, 5.41) is 14.2. The Morgan fingerprint density at radius 1 is 1.39 bits per heavy atom. The van der Waals surface area contributed by atoms with E-state index in [2.05, 4.69) is 14.9 Å². The number of H-pyrrole nitrogens is 1. The standard InChI is InChI=1S/C10H15N3O4S/c14-10(15)8-6-11-12-9(8)18(16,17)13-7-4-2-1-3-5-7/h6-7,13H,1-5H2,(H,11,12)(H,14,15). The van der Waals surface area contributed by atoms with Crippen LogP contribution in [0.5, 0.6) is 0 Å². The average molecular weight is 273 g/mol. The van der Waals surface area contributed by atoms with E-state index in [1.165, 1.54) is 0 Å². The molecule has 0 aromatic carbocycles. The van der Waals surface area contributed by atoms with Gasteiger partial charge in [-0.15, -0.1) is 0 Å². The minimum absolute atomic E-state index is 0.117. The van der Waals surface area contributed by atoms with Crippen LogP contribution >= 0.6 is 0 Å². The predicted molar refractivity (Wildman–Crippen MR) is 62.7 cm³/mol. The molecule has 18 heavy (non-hydrogen) atoms. The lowest BCUT2D eigenvalue weighted by molar-refractivity contribution is 0.0692. The van der Waals surface area contributed by atoms with E-state index in [0.29, 0.717) is 0 Å². The van der Waals surface area contributed by atoms with Crippen molar-refractivity contribution in [3.63, 3.8) is 0 Å². The number of hydrogen-bond donors (Lipinski definition) is 3. The molecule has 100 valence electrons. The van der Waals surface area contributed by atoms with Gasteiger partial charge < -0.3 is 5.11 Å². The second-order valence-corrected chi connectivity index (χ2v) is 6.03. The second kappa shape index (κ2) is 5.07. The predicted octanol–water partition coefficient (Wildman–Crippen LogP) is 0.719. The minimum Gasteiger partial charge on any atom is -0.478 e. The van der Waals surface area contributed by atoms with Crippen molar-refractivity contribution >= 4 is 16.0 Å². The van der Waals surface area contributed by atoms with Crippen LogP contribution < -0.4 is 4.72 Å². The third kappa shape index (κ3) is 2.70. The average Bonchev–Trinajstić information content (AvgIpc) is 2.79. The molecule has 1 saturated carbocycles. The summed E-state index contributed by atoms with van der Waals surface area (Å²) < 4.78 is 26.6. The maximum Gasteiger partial charge on any atom is 0.340 e. The topological polar surface area (TPSA) is 112 Å². The fourth-order valence-electron chi connectivity index (χ4n) is 2.13. The zero-order valence-electron chi connectivity index (χ0n) is 9.72. The highest BCUT2D eigenvalue weighted by atomic mass is 32.2. The SMILES string of the molecule is O=C(O)c1cn[nH]c1S(=O)(=O)NC1CCCCC1. The molecule has 0 aliphatic heterocycles. The van der Waals surface area contributed by atoms with Crippen LogP contribution in [0.15, 0.2) is 11.2 Å². The van der Waals surface area contributed by atoms with Crippen molar-refractivity contribution in [3.05, 3.63) is 11.8 Å². The van der Waals surface area contributed by atoms with Crippen molar-refractivity contribution in [2.24, 2.45) is 0 Å². The molecule has 0 amide bonds. The first-order chi connectivity index (χ1) is 8.50. The van der Waals surface area contributed by atoms with Crippen LogP contribution in [-0.2, 0) is 10.0 Å². The van der Waals surface area contributed by atoms with Crippen LogP contribution in [0.2, 0.25) is 0 Å². The molecule has 0 atom stereocenters. The Morgan fingerprint density at radius 3 is 2.67 bits per heavy atom. The molecule has 0 radical (unpaired) electrons. The third-order valence-corrected chi connectivity index (χ3v) is 4.52. The number of sulfonamides is 1. The van der Waals surface area contributed by atoms with Crippen LogP contribution in [-0.4, -0.2) is 35.7 Å². The largest absolute Gasteiger partial charge is 0.478 e. The van der Waals surface area contributed by atoms with Gasteiger partial charge in [-0.1, -0.05) is 19.3 Å². The summed E-state index contributed by atoms with van der Waals surface area (Å²) in [6.07, 6.45) is 5.66. The molecule has 0 saturated heterocycles. The quantitative estimate of drug-likeness (QED) is 0.748. The molecular formula is C10H15N3O4S. The highest BCUT2D eigenvalue weighted by molar-refractivity contribution is 7.89. The summed E-state index contributed by atoms with van der Waals surface area (Å²) in [5.74, 6) is -1.31. The molecule has 1 heterocycles. The van der Waals surface area contributed by atoms with Gasteiger partial charge in [-0.05, 0) is 12.8 Å². The van der Waals surface area contributed by atoms with E-state index >= 15 is 0 Å². The number of aromatic carboxylic acids is 1. The monoisotopic (exact) mass is 273 g/mol. The molecule has 1 fully saturated rings. The van der Waals surface area contributed by atoms with Gasteiger partial charge >= 0.3 is 5.97 Å². The number of carboxylic acids is 1. The van der Waals surface area contributed by atoms with E-state index < -0.39 is 16.0 Å². The maximum atomic E-state index is 12.0. The van der Waals surface area contributed by atoms with Gasteiger partial charge in [0.1, 0.15) is 5.56 Å². The molecule has 0 unspecified atom stereocenters. The van der Waals surface area contributed by atoms with Crippen molar-refractivity contribution in [1.29, 1.82) is 0 Å². The van der Waals surface area contributed by atoms with Crippen LogP contribution in [0.4, 0.5) is 0 Å². The molecule has 1 aromatic rings. The third-order valence-electron chi connectivity index (χ3n) is 3.03. The van der Waals surface area contributed by atoms with Gasteiger partial charge in [0.15, 0.2) is 5.03 Å². The number of carbonyl (C=O) groups is 1. The van der Waals surface area contributed by atoms with E-state index in [1.54, 1.807) is 0 Å². The molecule has 0 spiro atoms. The van der Waals surface area contributed by atoms with E-state index in [-0.39, 0.29) is 16.6 Å². The zero-order chi connectivity index (χ0) is 13.2. The zero-order valence-corrected chi connectivity index (χ0v) is 10.5. The molecule has 8 heteroatoms. The van der Waals surface area contributed by atoms with Crippen molar-refractivity contribution in [3.8, 4) is 0 Å². The Bertz CT molecular complexity index is 531. The Kier molecular flexibility index (Phi) is 3.67. The van der Waals surface area contributed by atoms with Crippen molar-refractivity contribution in [2.75, 3.05) is 0 Å². The Labute approximate surface area is 105 Å². The van der Waals surface area contributed by atoms with Crippen LogP contribution in [0.1, 0.15) is 42.5 Å². The molecule has 1 aliphatic rings. The number of rotatable bonds is 4. The first-order valence-electron chi connectivity index (χ1n) is 5.79. The number of hydrogen-bond acceptors (Lipinski definition) is 4. The molecular weight excluding hydrogens is 258 g/mol. The van der Waals surface area contributed by atoms with Gasteiger partial charge in [0.25, 0.3) is 10.0 Å². The molecule has 1 aromatic heterocycles. The minimum atomic E-state index is -3.84. The van der Waals surface area contributed by atoms with Crippen LogP contribution in [0, 0.1) is 0 Å². The number of aromatic amines is 1. The van der Waals surface area contributed by atoms with E-state index in [1.807, 2.05) is 0 Å². The maximum absolute atomic E-state index is 12.0. The summed E-state index contributed by atoms with van der Waals surface area (Å²) >= 11 is 0. The molecule has 3 N–H and O–H groups in total. The Morgan fingerprint density at radius 2 is 2.06 bits per heavy atom. The first-order valence-corrected chi connectivity index (χ1v) is 7.28. The summed E-state index contributed by atoms with van der Waals surface area (Å²) in [4.78, 5) is 10.9. The van der Waals surface area contributed by atoms with Gasteiger partial charge in [-0.25, -0.2) is 17.9 Å². The Hall–Kier alpha value is -1.41.